The Morgan fingerprint density at radius 1 is 0.732 bits per heavy atom. The van der Waals surface area contributed by atoms with Crippen molar-refractivity contribution >= 4 is 8.58 Å². The van der Waals surface area contributed by atoms with Crippen LogP contribution in [0.4, 0.5) is 0 Å². The Labute approximate surface area is 259 Å². The topological polar surface area (TPSA) is 0 Å². The van der Waals surface area contributed by atoms with Gasteiger partial charge in [-0.3, -0.25) is 0 Å². The van der Waals surface area contributed by atoms with Crippen molar-refractivity contribution in [1.29, 1.82) is 0 Å². The minimum absolute atomic E-state index is 0.440. The Hall–Kier alpha value is 0.170. The van der Waals surface area contributed by atoms with Crippen LogP contribution in [0.15, 0.2) is 11.9 Å². The minimum Gasteiger partial charge on any atom is -0.0950 e. The highest BCUT2D eigenvalue weighted by atomic mass is 31.1. The van der Waals surface area contributed by atoms with Crippen molar-refractivity contribution < 1.29 is 0 Å². The third kappa shape index (κ3) is 5.95. The van der Waals surface area contributed by atoms with Crippen LogP contribution in [-0.2, 0) is 0 Å². The fraction of sp³-hybridized carbons (Fsp3) is 0.950. The molecule has 5 aliphatic carbocycles. The molecule has 5 aliphatic rings. The predicted octanol–water partition coefficient (Wildman–Crippen LogP) is 12.5. The van der Waals surface area contributed by atoms with Gasteiger partial charge in [-0.05, 0) is 165 Å². The zero-order valence-electron chi connectivity index (χ0n) is 29.2. The summed E-state index contributed by atoms with van der Waals surface area (Å²) in [7, 11) is 1.03. The van der Waals surface area contributed by atoms with E-state index >= 15 is 0 Å². The molecule has 2 bridgehead atoms. The number of rotatable bonds is 4. The van der Waals surface area contributed by atoms with E-state index in [4.69, 9.17) is 0 Å². The average Bonchev–Trinajstić information content (AvgIpc) is 2.92. The summed E-state index contributed by atoms with van der Waals surface area (Å²) in [6.45, 7) is 26.3. The molecule has 5 fully saturated rings. The summed E-state index contributed by atoms with van der Waals surface area (Å²) in [6.07, 6.45) is 20.5. The number of allylic oxidation sites excluding steroid dienone is 1. The summed E-state index contributed by atoms with van der Waals surface area (Å²) < 4.78 is 0. The van der Waals surface area contributed by atoms with E-state index in [0.29, 0.717) is 10.8 Å². The first-order valence-electron chi connectivity index (χ1n) is 18.8. The molecule has 236 valence electrons. The average molecular weight is 583 g/mol. The molecule has 16 unspecified atom stereocenters. The van der Waals surface area contributed by atoms with Crippen molar-refractivity contribution in [3.8, 4) is 0 Å². The molecule has 0 aliphatic heterocycles. The molecule has 41 heavy (non-hydrogen) atoms. The lowest BCUT2D eigenvalue weighted by molar-refractivity contribution is -0.134. The molecule has 0 aromatic rings. The van der Waals surface area contributed by atoms with Crippen molar-refractivity contribution in [3.05, 3.63) is 11.9 Å². The Bertz CT molecular complexity index is 887. The third-order valence-electron chi connectivity index (χ3n) is 15.3. The van der Waals surface area contributed by atoms with Crippen LogP contribution in [-0.4, -0.2) is 5.66 Å². The standard InChI is InChI=1S/C40H71P/c1-11-18-41-38-34-21-27(5)23-36(38)40(29(7)20-26(4)24-37(40)39(9,10)12-2)17-13-14-33-32(30(34)8)16-15-31-28(6)19-25(3)22-35(31)33/h11,18,25-38,41H,12-17,19-24H2,1-10H3/b18-11+. The van der Waals surface area contributed by atoms with E-state index in [1.165, 1.54) is 51.4 Å². The van der Waals surface area contributed by atoms with E-state index in [-0.39, 0.29) is 0 Å². The van der Waals surface area contributed by atoms with Crippen molar-refractivity contribution in [1.82, 2.24) is 0 Å². The van der Waals surface area contributed by atoms with E-state index in [9.17, 15) is 0 Å². The summed E-state index contributed by atoms with van der Waals surface area (Å²) >= 11 is 0. The quantitative estimate of drug-likeness (QED) is 0.289. The van der Waals surface area contributed by atoms with Gasteiger partial charge in [0, 0.05) is 0 Å². The number of fused-ring (bicyclic) bond motifs is 6. The van der Waals surface area contributed by atoms with E-state index < -0.39 is 0 Å². The van der Waals surface area contributed by atoms with Crippen molar-refractivity contribution in [2.45, 2.75) is 152 Å². The van der Waals surface area contributed by atoms with Crippen LogP contribution in [0.25, 0.3) is 0 Å². The summed E-state index contributed by atoms with van der Waals surface area (Å²) in [5, 5.41) is 0. The van der Waals surface area contributed by atoms with Gasteiger partial charge in [0.15, 0.2) is 0 Å². The maximum atomic E-state index is 2.80. The Kier molecular flexibility index (Phi) is 10.2. The van der Waals surface area contributed by atoms with Gasteiger partial charge in [0.25, 0.3) is 0 Å². The Morgan fingerprint density at radius 3 is 2.10 bits per heavy atom. The highest BCUT2D eigenvalue weighted by Crippen LogP contribution is 2.68. The fourth-order valence-electron chi connectivity index (χ4n) is 13.5. The van der Waals surface area contributed by atoms with Crippen LogP contribution < -0.4 is 0 Å². The second-order valence-electron chi connectivity index (χ2n) is 18.1. The molecular formula is C40H71P. The molecule has 0 amide bonds. The van der Waals surface area contributed by atoms with Crippen LogP contribution in [0.1, 0.15) is 146 Å². The van der Waals surface area contributed by atoms with Crippen LogP contribution in [0.5, 0.6) is 0 Å². The lowest BCUT2D eigenvalue weighted by Gasteiger charge is -2.64. The van der Waals surface area contributed by atoms with Gasteiger partial charge in [-0.1, -0.05) is 95.6 Å². The second kappa shape index (κ2) is 12.9. The van der Waals surface area contributed by atoms with E-state index in [2.05, 4.69) is 81.1 Å². The number of hydrogen-bond acceptors (Lipinski definition) is 0. The van der Waals surface area contributed by atoms with Crippen molar-refractivity contribution in [2.24, 2.45) is 87.8 Å². The Balaban J connectivity index is 1.63. The van der Waals surface area contributed by atoms with Gasteiger partial charge >= 0.3 is 0 Å². The smallest absolute Gasteiger partial charge is 0.0137 e. The molecule has 0 nitrogen and oxygen atoms in total. The van der Waals surface area contributed by atoms with Gasteiger partial charge in [-0.2, -0.15) is 0 Å². The molecule has 0 saturated heterocycles. The summed E-state index contributed by atoms with van der Waals surface area (Å²) in [5.74, 6) is 14.9. The van der Waals surface area contributed by atoms with Crippen LogP contribution in [0.3, 0.4) is 0 Å². The first kappa shape index (κ1) is 32.6. The van der Waals surface area contributed by atoms with E-state index in [1.807, 2.05) is 0 Å². The van der Waals surface area contributed by atoms with Crippen molar-refractivity contribution in [3.63, 3.8) is 0 Å². The lowest BCUT2D eigenvalue weighted by atomic mass is 9.42. The molecule has 16 atom stereocenters. The molecule has 0 heterocycles. The zero-order valence-corrected chi connectivity index (χ0v) is 30.2. The molecular weight excluding hydrogens is 511 g/mol. The van der Waals surface area contributed by atoms with Gasteiger partial charge < -0.3 is 0 Å². The largest absolute Gasteiger partial charge is 0.0950 e. The van der Waals surface area contributed by atoms with Crippen LogP contribution in [0, 0.1) is 87.8 Å². The normalized spacial score (nSPS) is 51.6. The zero-order chi connectivity index (χ0) is 29.7. The van der Waals surface area contributed by atoms with E-state index in [1.54, 1.807) is 25.7 Å². The SMILES string of the molecule is C/C=C/PC1C2CC(C)CC1C1(CCCC3C(CCC4C(C)CC(C)CC43)C2C)C(C)CC(C)CC1C(C)(C)CC. The van der Waals surface area contributed by atoms with Gasteiger partial charge in [0.2, 0.25) is 0 Å². The highest BCUT2D eigenvalue weighted by Gasteiger charge is 2.60. The second-order valence-corrected chi connectivity index (χ2v) is 19.4. The van der Waals surface area contributed by atoms with Gasteiger partial charge in [-0.25, -0.2) is 0 Å². The van der Waals surface area contributed by atoms with Crippen molar-refractivity contribution in [2.75, 3.05) is 0 Å². The van der Waals surface area contributed by atoms with Gasteiger partial charge in [0.05, 0.1) is 0 Å². The maximum absolute atomic E-state index is 2.80. The van der Waals surface area contributed by atoms with E-state index in [0.717, 1.165) is 91.2 Å². The van der Waals surface area contributed by atoms with Crippen LogP contribution >= 0.6 is 8.58 Å². The minimum atomic E-state index is 0.440. The molecule has 0 aromatic carbocycles. The molecule has 0 radical (unpaired) electrons. The molecule has 0 aromatic heterocycles. The highest BCUT2D eigenvalue weighted by molar-refractivity contribution is 7.42. The lowest BCUT2D eigenvalue weighted by Crippen LogP contribution is -2.58. The molecule has 5 saturated carbocycles. The molecule has 1 spiro atoms. The molecule has 1 heteroatoms. The Morgan fingerprint density at radius 2 is 1.39 bits per heavy atom. The van der Waals surface area contributed by atoms with Gasteiger partial charge in [-0.15, -0.1) is 0 Å². The number of hydrogen-bond donors (Lipinski definition) is 0. The predicted molar refractivity (Wildman–Crippen MR) is 184 cm³/mol. The van der Waals surface area contributed by atoms with Gasteiger partial charge in [0.1, 0.15) is 0 Å². The third-order valence-corrected chi connectivity index (χ3v) is 17.1. The fourth-order valence-corrected chi connectivity index (χ4v) is 15.2. The van der Waals surface area contributed by atoms with Crippen LogP contribution in [0.2, 0.25) is 0 Å². The monoisotopic (exact) mass is 583 g/mol. The summed E-state index contributed by atoms with van der Waals surface area (Å²) in [4.78, 5) is 0. The first-order valence-corrected chi connectivity index (χ1v) is 20.0. The molecule has 0 N–H and O–H groups in total. The summed E-state index contributed by atoms with van der Waals surface area (Å²) in [5.41, 5.74) is 1.89. The molecule has 5 rings (SSSR count). The first-order chi connectivity index (χ1) is 19.4. The maximum Gasteiger partial charge on any atom is -0.0137 e. The summed E-state index contributed by atoms with van der Waals surface area (Å²) in [6, 6.07) is 0.